The van der Waals surface area contributed by atoms with E-state index in [0.29, 0.717) is 16.2 Å². The number of hydrogen-bond acceptors (Lipinski definition) is 2. The number of halogens is 2. The van der Waals surface area contributed by atoms with E-state index in [1.807, 2.05) is 0 Å². The van der Waals surface area contributed by atoms with Crippen LogP contribution in [0.2, 0.25) is 0 Å². The summed E-state index contributed by atoms with van der Waals surface area (Å²) in [6, 6.07) is 3.77. The molecule has 1 aromatic rings. The number of nitrogen functional groups attached to an aromatic ring is 1. The van der Waals surface area contributed by atoms with Crippen LogP contribution in [0.15, 0.2) is 16.6 Å². The van der Waals surface area contributed by atoms with E-state index in [4.69, 9.17) is 5.73 Å². The second-order valence-corrected chi connectivity index (χ2v) is 5.46. The highest BCUT2D eigenvalue weighted by molar-refractivity contribution is 9.10. The molecule has 0 atom stereocenters. The maximum atomic E-state index is 13.6. The Balaban J connectivity index is 2.25. The van der Waals surface area contributed by atoms with Crippen molar-refractivity contribution in [2.45, 2.75) is 38.6 Å². The molecular weight excluding hydrogens is 283 g/mol. The van der Waals surface area contributed by atoms with Crippen molar-refractivity contribution in [3.05, 3.63) is 22.4 Å². The summed E-state index contributed by atoms with van der Waals surface area (Å²) in [5.74, 6) is -0.239. The molecule has 1 saturated carbocycles. The van der Waals surface area contributed by atoms with Crippen molar-refractivity contribution in [2.24, 2.45) is 0 Å². The first-order chi connectivity index (χ1) is 8.13. The van der Waals surface area contributed by atoms with E-state index in [2.05, 4.69) is 27.8 Å². The quantitative estimate of drug-likeness (QED) is 0.835. The maximum Gasteiger partial charge on any atom is 0.139 e. The normalized spacial score (nSPS) is 15.0. The Bertz CT molecular complexity index is 405. The lowest BCUT2D eigenvalue weighted by molar-refractivity contribution is 0.619. The van der Waals surface area contributed by atoms with Gasteiger partial charge < -0.3 is 10.6 Å². The number of benzene rings is 1. The van der Waals surface area contributed by atoms with Gasteiger partial charge >= 0.3 is 0 Å². The van der Waals surface area contributed by atoms with Crippen LogP contribution < -0.4 is 10.6 Å². The molecule has 1 fully saturated rings. The van der Waals surface area contributed by atoms with Crippen LogP contribution in [0.3, 0.4) is 0 Å². The third-order valence-corrected chi connectivity index (χ3v) is 3.73. The van der Waals surface area contributed by atoms with Gasteiger partial charge in [-0.15, -0.1) is 0 Å². The van der Waals surface area contributed by atoms with E-state index in [1.54, 1.807) is 12.1 Å². The molecule has 1 aromatic carbocycles. The number of nitrogens with zero attached hydrogens (tertiary/aromatic N) is 1. The number of hydrogen-bond donors (Lipinski definition) is 1. The summed E-state index contributed by atoms with van der Waals surface area (Å²) in [5.41, 5.74) is 7.49. The maximum absolute atomic E-state index is 13.6. The van der Waals surface area contributed by atoms with E-state index in [1.165, 1.54) is 12.8 Å². The van der Waals surface area contributed by atoms with Gasteiger partial charge in [0.2, 0.25) is 0 Å². The van der Waals surface area contributed by atoms with Gasteiger partial charge in [-0.05, 0) is 41.3 Å². The molecule has 0 spiro atoms. The molecule has 0 amide bonds. The third-order valence-electron chi connectivity index (χ3n) is 3.12. The molecule has 0 radical (unpaired) electrons. The molecule has 2 nitrogen and oxygen atoms in total. The molecular formula is C13H18BrFN2. The molecule has 2 N–H and O–H groups in total. The topological polar surface area (TPSA) is 29.3 Å². The number of rotatable bonds is 5. The lowest BCUT2D eigenvalue weighted by Gasteiger charge is -2.26. The fraction of sp³-hybridized carbons (Fsp3) is 0.538. The Morgan fingerprint density at radius 2 is 2.18 bits per heavy atom. The van der Waals surface area contributed by atoms with Crippen LogP contribution in [0.25, 0.3) is 0 Å². The highest BCUT2D eigenvalue weighted by atomic mass is 79.9. The molecule has 1 aliphatic rings. The van der Waals surface area contributed by atoms with Crippen molar-refractivity contribution in [3.63, 3.8) is 0 Å². The predicted octanol–water partition coefficient (Wildman–Crippen LogP) is 3.94. The van der Waals surface area contributed by atoms with Crippen molar-refractivity contribution in [1.82, 2.24) is 0 Å². The second-order valence-electron chi connectivity index (χ2n) is 4.60. The Morgan fingerprint density at radius 1 is 1.47 bits per heavy atom. The summed E-state index contributed by atoms with van der Waals surface area (Å²) < 4.78 is 14.0. The van der Waals surface area contributed by atoms with Crippen LogP contribution in [0.1, 0.15) is 32.6 Å². The van der Waals surface area contributed by atoms with Gasteiger partial charge in [0.05, 0.1) is 15.8 Å². The first kappa shape index (κ1) is 12.7. The zero-order valence-electron chi connectivity index (χ0n) is 10.0. The van der Waals surface area contributed by atoms with E-state index in [9.17, 15) is 4.39 Å². The summed E-state index contributed by atoms with van der Waals surface area (Å²) in [6.07, 6.45) is 4.65. The molecule has 0 saturated heterocycles. The zero-order valence-corrected chi connectivity index (χ0v) is 11.6. The first-order valence-corrected chi connectivity index (χ1v) is 6.94. The Morgan fingerprint density at radius 3 is 2.76 bits per heavy atom. The van der Waals surface area contributed by atoms with Gasteiger partial charge in [-0.3, -0.25) is 0 Å². The monoisotopic (exact) mass is 300 g/mol. The van der Waals surface area contributed by atoms with Gasteiger partial charge in [0.25, 0.3) is 0 Å². The van der Waals surface area contributed by atoms with Gasteiger partial charge in [0, 0.05) is 18.7 Å². The van der Waals surface area contributed by atoms with Crippen molar-refractivity contribution >= 4 is 27.3 Å². The number of unbranched alkanes of at least 4 members (excludes halogenated alkanes) is 1. The van der Waals surface area contributed by atoms with Crippen LogP contribution in [0.5, 0.6) is 0 Å². The predicted molar refractivity (Wildman–Crippen MR) is 73.8 cm³/mol. The molecule has 4 heteroatoms. The SMILES string of the molecule is CCCCN(c1cc(F)c(Br)cc1N)C1CC1. The average molecular weight is 301 g/mol. The summed E-state index contributed by atoms with van der Waals surface area (Å²) in [7, 11) is 0. The van der Waals surface area contributed by atoms with Crippen molar-refractivity contribution in [2.75, 3.05) is 17.2 Å². The molecule has 0 bridgehead atoms. The van der Waals surface area contributed by atoms with E-state index >= 15 is 0 Å². The molecule has 94 valence electrons. The Kier molecular flexibility index (Phi) is 3.92. The average Bonchev–Trinajstić information content (AvgIpc) is 3.10. The number of nitrogens with two attached hydrogens (primary N) is 1. The summed E-state index contributed by atoms with van der Waals surface area (Å²) >= 11 is 3.16. The molecule has 1 aliphatic carbocycles. The largest absolute Gasteiger partial charge is 0.397 e. The van der Waals surface area contributed by atoms with Gasteiger partial charge in [0.15, 0.2) is 0 Å². The molecule has 2 rings (SSSR count). The van der Waals surface area contributed by atoms with Gasteiger partial charge in [-0.25, -0.2) is 4.39 Å². The minimum absolute atomic E-state index is 0.239. The molecule has 0 aromatic heterocycles. The van der Waals surface area contributed by atoms with Crippen LogP contribution in [0, 0.1) is 5.82 Å². The van der Waals surface area contributed by atoms with E-state index in [0.717, 1.165) is 25.1 Å². The zero-order chi connectivity index (χ0) is 12.4. The minimum atomic E-state index is -0.239. The smallest absolute Gasteiger partial charge is 0.139 e. The fourth-order valence-corrected chi connectivity index (χ4v) is 2.38. The van der Waals surface area contributed by atoms with Crippen molar-refractivity contribution < 1.29 is 4.39 Å². The summed E-state index contributed by atoms with van der Waals surface area (Å²) in [4.78, 5) is 2.26. The van der Waals surface area contributed by atoms with Crippen LogP contribution >= 0.6 is 15.9 Å². The number of anilines is 2. The molecule has 0 unspecified atom stereocenters. The van der Waals surface area contributed by atoms with Crippen molar-refractivity contribution in [1.29, 1.82) is 0 Å². The van der Waals surface area contributed by atoms with Crippen LogP contribution in [-0.2, 0) is 0 Å². The summed E-state index contributed by atoms with van der Waals surface area (Å²) in [6.45, 7) is 3.13. The Labute approximate surface area is 110 Å². The fourth-order valence-electron chi connectivity index (χ4n) is 2.01. The molecule has 0 heterocycles. The lowest BCUT2D eigenvalue weighted by Crippen LogP contribution is -2.27. The van der Waals surface area contributed by atoms with Gasteiger partial charge in [0.1, 0.15) is 5.82 Å². The Hall–Kier alpha value is -0.770. The minimum Gasteiger partial charge on any atom is -0.397 e. The second kappa shape index (κ2) is 5.25. The van der Waals surface area contributed by atoms with Crippen molar-refractivity contribution in [3.8, 4) is 0 Å². The van der Waals surface area contributed by atoms with E-state index < -0.39 is 0 Å². The van der Waals surface area contributed by atoms with Gasteiger partial charge in [-0.2, -0.15) is 0 Å². The highest BCUT2D eigenvalue weighted by Crippen LogP contribution is 2.37. The lowest BCUT2D eigenvalue weighted by atomic mass is 10.2. The summed E-state index contributed by atoms with van der Waals surface area (Å²) in [5, 5.41) is 0. The molecule has 17 heavy (non-hydrogen) atoms. The highest BCUT2D eigenvalue weighted by Gasteiger charge is 2.30. The van der Waals surface area contributed by atoms with Gasteiger partial charge in [-0.1, -0.05) is 13.3 Å². The third kappa shape index (κ3) is 2.92. The van der Waals surface area contributed by atoms with E-state index in [-0.39, 0.29) is 5.82 Å². The molecule has 0 aliphatic heterocycles. The standard InChI is InChI=1S/C13H18BrFN2/c1-2-3-6-17(9-4-5-9)13-8-11(15)10(14)7-12(13)16/h7-9H,2-6,16H2,1H3. The first-order valence-electron chi connectivity index (χ1n) is 6.14. The van der Waals surface area contributed by atoms with Crippen LogP contribution in [-0.4, -0.2) is 12.6 Å². The van der Waals surface area contributed by atoms with Crippen LogP contribution in [0.4, 0.5) is 15.8 Å².